The molecule has 29 heavy (non-hydrogen) atoms. The van der Waals surface area contributed by atoms with Gasteiger partial charge in [-0.3, -0.25) is 9.69 Å². The normalized spacial score (nSPS) is 10.8. The molecule has 5 nitrogen and oxygen atoms in total. The summed E-state index contributed by atoms with van der Waals surface area (Å²) in [6.45, 7) is 1.52. The van der Waals surface area contributed by atoms with E-state index in [0.29, 0.717) is 17.2 Å². The van der Waals surface area contributed by atoms with Crippen molar-refractivity contribution >= 4 is 56.8 Å². The van der Waals surface area contributed by atoms with Crippen molar-refractivity contribution in [1.29, 1.82) is 0 Å². The first-order chi connectivity index (χ1) is 13.5. The summed E-state index contributed by atoms with van der Waals surface area (Å²) < 4.78 is 6.45. The van der Waals surface area contributed by atoms with Gasteiger partial charge in [0.05, 0.1) is 11.8 Å². The van der Waals surface area contributed by atoms with E-state index >= 15 is 0 Å². The largest absolute Gasteiger partial charge is 0.494 e. The molecule has 0 fully saturated rings. The molecule has 0 atom stereocenters. The molecule has 1 amide bonds. The Morgan fingerprint density at radius 1 is 1.14 bits per heavy atom. The maximum Gasteiger partial charge on any atom is 0.260 e. The highest BCUT2D eigenvalue weighted by molar-refractivity contribution is 7.98. The van der Waals surface area contributed by atoms with E-state index < -0.39 is 0 Å². The second-order valence-electron chi connectivity index (χ2n) is 6.65. The maximum atomic E-state index is 13.3. The van der Waals surface area contributed by atoms with Crippen LogP contribution in [0.25, 0.3) is 10.2 Å². The zero-order valence-electron chi connectivity index (χ0n) is 17.0. The summed E-state index contributed by atoms with van der Waals surface area (Å²) >= 11 is 3.18. The number of rotatable bonds is 8. The molecule has 0 aliphatic rings. The molecule has 1 heterocycles. The Balaban J connectivity index is 0.00000300. The molecule has 3 aromatic rings. The molecule has 0 N–H and O–H groups in total. The van der Waals surface area contributed by atoms with Gasteiger partial charge in [0.2, 0.25) is 0 Å². The van der Waals surface area contributed by atoms with Gasteiger partial charge < -0.3 is 9.64 Å². The number of hydrogen-bond donors (Lipinski definition) is 0. The minimum absolute atomic E-state index is 0. The zero-order chi connectivity index (χ0) is 20.1. The molecule has 0 saturated carbocycles. The standard InChI is InChI=1S/C21H25N3O2S2.ClH/c1-23(2)13-6-14-24(20(25)15-9-11-16(27-4)12-10-15)21-22-19-17(26-3)7-5-8-18(19)28-21;/h5,7-12H,6,13-14H2,1-4H3;1H. The van der Waals surface area contributed by atoms with Crippen molar-refractivity contribution in [3.8, 4) is 5.75 Å². The molecule has 8 heteroatoms. The predicted molar refractivity (Wildman–Crippen MR) is 126 cm³/mol. The molecule has 3 rings (SSSR count). The fourth-order valence-electron chi connectivity index (χ4n) is 2.91. The Morgan fingerprint density at radius 3 is 2.48 bits per heavy atom. The second kappa shape index (κ2) is 10.8. The van der Waals surface area contributed by atoms with Crippen molar-refractivity contribution in [3.63, 3.8) is 0 Å². The fourth-order valence-corrected chi connectivity index (χ4v) is 4.33. The number of thioether (sulfide) groups is 1. The fraction of sp³-hybridized carbons (Fsp3) is 0.333. The van der Waals surface area contributed by atoms with Crippen LogP contribution in [0.15, 0.2) is 47.4 Å². The summed E-state index contributed by atoms with van der Waals surface area (Å²) in [5.74, 6) is 0.703. The number of ether oxygens (including phenoxy) is 1. The lowest BCUT2D eigenvalue weighted by molar-refractivity contribution is 0.0986. The Kier molecular flexibility index (Phi) is 8.77. The number of aromatic nitrogens is 1. The molecule has 1 aromatic heterocycles. The number of para-hydroxylation sites is 1. The molecular weight excluding hydrogens is 426 g/mol. The summed E-state index contributed by atoms with van der Waals surface area (Å²) in [4.78, 5) is 23.1. The first-order valence-electron chi connectivity index (χ1n) is 9.07. The van der Waals surface area contributed by atoms with Crippen LogP contribution >= 0.6 is 35.5 Å². The van der Waals surface area contributed by atoms with Crippen molar-refractivity contribution in [3.05, 3.63) is 48.0 Å². The smallest absolute Gasteiger partial charge is 0.260 e. The first-order valence-corrected chi connectivity index (χ1v) is 11.1. The monoisotopic (exact) mass is 451 g/mol. The van der Waals surface area contributed by atoms with Crippen molar-refractivity contribution in [2.75, 3.05) is 45.5 Å². The van der Waals surface area contributed by atoms with Gasteiger partial charge in [-0.2, -0.15) is 0 Å². The van der Waals surface area contributed by atoms with E-state index in [4.69, 9.17) is 9.72 Å². The molecule has 0 bridgehead atoms. The lowest BCUT2D eigenvalue weighted by Gasteiger charge is -2.21. The van der Waals surface area contributed by atoms with Crippen molar-refractivity contribution in [2.45, 2.75) is 11.3 Å². The van der Waals surface area contributed by atoms with Crippen LogP contribution in [0.2, 0.25) is 0 Å². The number of methoxy groups -OCH3 is 1. The number of anilines is 1. The van der Waals surface area contributed by atoms with Crippen molar-refractivity contribution in [2.24, 2.45) is 0 Å². The van der Waals surface area contributed by atoms with Gasteiger partial charge in [-0.25, -0.2) is 4.98 Å². The van der Waals surface area contributed by atoms with Gasteiger partial charge in [0.1, 0.15) is 11.3 Å². The number of carbonyl (C=O) groups is 1. The lowest BCUT2D eigenvalue weighted by atomic mass is 10.2. The van der Waals surface area contributed by atoms with Crippen molar-refractivity contribution < 1.29 is 9.53 Å². The highest BCUT2D eigenvalue weighted by Crippen LogP contribution is 2.34. The number of carbonyl (C=O) groups excluding carboxylic acids is 1. The summed E-state index contributed by atoms with van der Waals surface area (Å²) in [6, 6.07) is 13.6. The van der Waals surface area contributed by atoms with E-state index in [1.807, 2.05) is 62.8 Å². The average molecular weight is 452 g/mol. The predicted octanol–water partition coefficient (Wildman–Crippen LogP) is 5.05. The van der Waals surface area contributed by atoms with Crippen LogP contribution in [-0.2, 0) is 0 Å². The van der Waals surface area contributed by atoms with Crippen LogP contribution in [0.3, 0.4) is 0 Å². The van der Waals surface area contributed by atoms with Crippen LogP contribution in [0.1, 0.15) is 16.8 Å². The van der Waals surface area contributed by atoms with Gasteiger partial charge in [-0.1, -0.05) is 17.4 Å². The van der Waals surface area contributed by atoms with Crippen LogP contribution in [0.4, 0.5) is 5.13 Å². The van der Waals surface area contributed by atoms with Crippen molar-refractivity contribution in [1.82, 2.24) is 9.88 Å². The van der Waals surface area contributed by atoms with Gasteiger partial charge >= 0.3 is 0 Å². The number of benzene rings is 2. The number of hydrogen-bond acceptors (Lipinski definition) is 6. The highest BCUT2D eigenvalue weighted by atomic mass is 35.5. The minimum atomic E-state index is -0.0237. The molecule has 0 aliphatic heterocycles. The average Bonchev–Trinajstić information content (AvgIpc) is 3.14. The Bertz CT molecular complexity index is 945. The Hall–Kier alpha value is -1.80. The third-order valence-corrected chi connectivity index (χ3v) is 6.18. The van der Waals surface area contributed by atoms with Gasteiger partial charge in [0.25, 0.3) is 5.91 Å². The zero-order valence-corrected chi connectivity index (χ0v) is 19.5. The van der Waals surface area contributed by atoms with E-state index in [1.54, 1.807) is 23.8 Å². The quantitative estimate of drug-likeness (QED) is 0.448. The van der Waals surface area contributed by atoms with Gasteiger partial charge in [0.15, 0.2) is 5.13 Å². The molecule has 0 radical (unpaired) electrons. The van der Waals surface area contributed by atoms with Gasteiger partial charge in [0, 0.05) is 17.0 Å². The van der Waals surface area contributed by atoms with Gasteiger partial charge in [-0.15, -0.1) is 24.2 Å². The SMILES string of the molecule is COc1cccc2sc(N(CCCN(C)C)C(=O)c3ccc(SC)cc3)nc12.Cl. The summed E-state index contributed by atoms with van der Waals surface area (Å²) in [7, 11) is 5.72. The van der Waals surface area contributed by atoms with Crippen LogP contribution in [-0.4, -0.2) is 56.3 Å². The Morgan fingerprint density at radius 2 is 1.86 bits per heavy atom. The number of amides is 1. The van der Waals surface area contributed by atoms with E-state index in [1.165, 1.54) is 11.3 Å². The van der Waals surface area contributed by atoms with Crippen LogP contribution < -0.4 is 9.64 Å². The number of nitrogens with zero attached hydrogens (tertiary/aromatic N) is 3. The molecular formula is C21H26ClN3O2S2. The lowest BCUT2D eigenvalue weighted by Crippen LogP contribution is -2.33. The van der Waals surface area contributed by atoms with Crippen LogP contribution in [0.5, 0.6) is 5.75 Å². The van der Waals surface area contributed by atoms with E-state index in [-0.39, 0.29) is 18.3 Å². The molecule has 0 unspecified atom stereocenters. The van der Waals surface area contributed by atoms with E-state index in [9.17, 15) is 4.79 Å². The Labute approximate surface area is 186 Å². The molecule has 156 valence electrons. The summed E-state index contributed by atoms with van der Waals surface area (Å²) in [5.41, 5.74) is 1.47. The summed E-state index contributed by atoms with van der Waals surface area (Å²) in [6.07, 6.45) is 2.90. The minimum Gasteiger partial charge on any atom is -0.494 e. The van der Waals surface area contributed by atoms with E-state index in [0.717, 1.165) is 33.8 Å². The van der Waals surface area contributed by atoms with E-state index in [2.05, 4.69) is 4.90 Å². The topological polar surface area (TPSA) is 45.7 Å². The third-order valence-electron chi connectivity index (χ3n) is 4.39. The van der Waals surface area contributed by atoms with Gasteiger partial charge in [-0.05, 0) is 69.7 Å². The number of fused-ring (bicyclic) bond motifs is 1. The molecule has 0 spiro atoms. The maximum absolute atomic E-state index is 13.3. The van der Waals surface area contributed by atoms with Crippen LogP contribution in [0, 0.1) is 0 Å². The third kappa shape index (κ3) is 5.63. The number of halogens is 1. The summed E-state index contributed by atoms with van der Waals surface area (Å²) in [5, 5.41) is 0.706. The molecule has 0 aliphatic carbocycles. The second-order valence-corrected chi connectivity index (χ2v) is 8.53. The molecule has 2 aromatic carbocycles. The molecule has 0 saturated heterocycles. The number of thiazole rings is 1. The first kappa shape index (κ1) is 23.5. The highest BCUT2D eigenvalue weighted by Gasteiger charge is 2.22.